The number of carbonyl (C=O) groups is 1. The average Bonchev–Trinajstić information content (AvgIpc) is 2.50. The Morgan fingerprint density at radius 3 is 2.87 bits per heavy atom. The summed E-state index contributed by atoms with van der Waals surface area (Å²) in [5.41, 5.74) is -0.277. The van der Waals surface area contributed by atoms with Crippen molar-refractivity contribution in [2.45, 2.75) is 26.3 Å². The molecule has 0 aliphatic heterocycles. The number of nitrogens with zero attached hydrogens (tertiary/aromatic N) is 3. The molecule has 6 heteroatoms. The van der Waals surface area contributed by atoms with Gasteiger partial charge in [-0.3, -0.25) is 9.36 Å². The Kier molecular flexibility index (Phi) is 4.08. The van der Waals surface area contributed by atoms with E-state index in [1.165, 1.54) is 10.9 Å². The number of aromatic nitrogens is 3. The van der Waals surface area contributed by atoms with Crippen molar-refractivity contribution >= 4 is 5.91 Å². The van der Waals surface area contributed by atoms with Crippen LogP contribution in [0, 0.1) is 0 Å². The molecule has 0 radical (unpaired) electrons. The van der Waals surface area contributed by atoms with E-state index in [-0.39, 0.29) is 18.1 Å². The Morgan fingerprint density at radius 2 is 2.33 bits per heavy atom. The number of hydrogen-bond donors (Lipinski definition) is 1. The maximum atomic E-state index is 11.3. The molecule has 6 nitrogen and oxygen atoms in total. The highest BCUT2D eigenvalue weighted by molar-refractivity contribution is 5.75. The molecule has 0 aromatic carbocycles. The summed E-state index contributed by atoms with van der Waals surface area (Å²) in [7, 11) is 1.60. The molecule has 0 atom stereocenters. The lowest BCUT2D eigenvalue weighted by molar-refractivity contribution is -0.121. The predicted octanol–water partition coefficient (Wildman–Crippen LogP) is -0.502. The molecule has 1 aromatic rings. The molecule has 0 aliphatic carbocycles. The minimum atomic E-state index is -0.277. The first-order valence-corrected chi connectivity index (χ1v) is 5.00. The van der Waals surface area contributed by atoms with Gasteiger partial charge in [0, 0.05) is 13.6 Å². The van der Waals surface area contributed by atoms with Crippen molar-refractivity contribution in [3.8, 4) is 0 Å². The van der Waals surface area contributed by atoms with Gasteiger partial charge in [0.1, 0.15) is 12.9 Å². The third-order valence-electron chi connectivity index (χ3n) is 2.03. The Hall–Kier alpha value is -1.59. The van der Waals surface area contributed by atoms with Crippen LogP contribution < -0.4 is 11.0 Å². The van der Waals surface area contributed by atoms with Crippen molar-refractivity contribution in [3.63, 3.8) is 0 Å². The first kappa shape index (κ1) is 11.5. The Balaban J connectivity index is 2.45. The fourth-order valence-electron chi connectivity index (χ4n) is 1.13. The monoisotopic (exact) mass is 212 g/mol. The highest BCUT2D eigenvalue weighted by Crippen LogP contribution is 1.83. The van der Waals surface area contributed by atoms with Gasteiger partial charge in [-0.2, -0.15) is 5.10 Å². The molecule has 0 saturated carbocycles. The molecule has 0 fully saturated rings. The van der Waals surface area contributed by atoms with E-state index in [0.29, 0.717) is 6.54 Å². The van der Waals surface area contributed by atoms with E-state index in [0.717, 1.165) is 17.5 Å². The van der Waals surface area contributed by atoms with Crippen LogP contribution in [0.25, 0.3) is 0 Å². The molecular weight excluding hydrogens is 196 g/mol. The van der Waals surface area contributed by atoms with Gasteiger partial charge in [-0.1, -0.05) is 13.3 Å². The number of unbranched alkanes of at least 4 members (excludes halogenated alkanes) is 1. The van der Waals surface area contributed by atoms with E-state index in [9.17, 15) is 9.59 Å². The molecule has 1 aromatic heterocycles. The van der Waals surface area contributed by atoms with Crippen LogP contribution in [-0.2, 0) is 18.4 Å². The second-order valence-corrected chi connectivity index (χ2v) is 3.39. The molecule has 0 spiro atoms. The molecule has 0 bridgehead atoms. The van der Waals surface area contributed by atoms with E-state index in [1.54, 1.807) is 7.05 Å². The van der Waals surface area contributed by atoms with Crippen molar-refractivity contribution in [3.05, 3.63) is 16.8 Å². The summed E-state index contributed by atoms with van der Waals surface area (Å²) in [6, 6.07) is 0. The lowest BCUT2D eigenvalue weighted by Gasteiger charge is -2.02. The normalized spacial score (nSPS) is 10.3. The topological polar surface area (TPSA) is 68.9 Å². The van der Waals surface area contributed by atoms with Crippen LogP contribution in [0.2, 0.25) is 0 Å². The van der Waals surface area contributed by atoms with E-state index in [1.807, 2.05) is 0 Å². The smallest absolute Gasteiger partial charge is 0.345 e. The lowest BCUT2D eigenvalue weighted by atomic mass is 10.3. The van der Waals surface area contributed by atoms with E-state index >= 15 is 0 Å². The molecule has 84 valence electrons. The van der Waals surface area contributed by atoms with Crippen LogP contribution in [0.5, 0.6) is 0 Å². The van der Waals surface area contributed by atoms with Crippen molar-refractivity contribution in [1.82, 2.24) is 19.7 Å². The van der Waals surface area contributed by atoms with Crippen LogP contribution in [-0.4, -0.2) is 26.8 Å². The average molecular weight is 212 g/mol. The fourth-order valence-corrected chi connectivity index (χ4v) is 1.13. The predicted molar refractivity (Wildman–Crippen MR) is 55.4 cm³/mol. The van der Waals surface area contributed by atoms with Crippen LogP contribution in [0.3, 0.4) is 0 Å². The third kappa shape index (κ3) is 3.23. The zero-order chi connectivity index (χ0) is 11.3. The Bertz CT molecular complexity index is 380. The van der Waals surface area contributed by atoms with Gasteiger partial charge in [0.05, 0.1) is 0 Å². The standard InChI is InChI=1S/C9H16N4O2/c1-3-4-5-10-8(14)6-13-9(15)12(2)7-11-13/h7H,3-6H2,1-2H3,(H,10,14). The minimum absolute atomic E-state index is 0.0105. The summed E-state index contributed by atoms with van der Waals surface area (Å²) in [5.74, 6) is -0.177. The molecule has 0 saturated heterocycles. The summed E-state index contributed by atoms with van der Waals surface area (Å²) in [6.45, 7) is 2.69. The summed E-state index contributed by atoms with van der Waals surface area (Å²) in [4.78, 5) is 22.6. The number of aryl methyl sites for hydroxylation is 1. The molecule has 1 heterocycles. The van der Waals surface area contributed by atoms with Crippen LogP contribution in [0.1, 0.15) is 19.8 Å². The lowest BCUT2D eigenvalue weighted by Crippen LogP contribution is -2.33. The molecular formula is C9H16N4O2. The van der Waals surface area contributed by atoms with E-state index in [2.05, 4.69) is 17.3 Å². The zero-order valence-corrected chi connectivity index (χ0v) is 9.06. The van der Waals surface area contributed by atoms with Gasteiger partial charge in [0.2, 0.25) is 5.91 Å². The number of hydrogen-bond acceptors (Lipinski definition) is 3. The molecule has 1 amide bonds. The van der Waals surface area contributed by atoms with Gasteiger partial charge >= 0.3 is 5.69 Å². The van der Waals surface area contributed by atoms with E-state index in [4.69, 9.17) is 0 Å². The summed E-state index contributed by atoms with van der Waals surface area (Å²) >= 11 is 0. The van der Waals surface area contributed by atoms with Gasteiger partial charge in [0.15, 0.2) is 0 Å². The second-order valence-electron chi connectivity index (χ2n) is 3.39. The quantitative estimate of drug-likeness (QED) is 0.669. The summed E-state index contributed by atoms with van der Waals surface area (Å²) in [6.07, 6.45) is 3.37. The fraction of sp³-hybridized carbons (Fsp3) is 0.667. The van der Waals surface area contributed by atoms with Crippen molar-refractivity contribution < 1.29 is 4.79 Å². The Labute approximate surface area is 87.9 Å². The van der Waals surface area contributed by atoms with E-state index < -0.39 is 0 Å². The van der Waals surface area contributed by atoms with Gasteiger partial charge in [-0.25, -0.2) is 9.48 Å². The molecule has 0 aliphatic rings. The maximum absolute atomic E-state index is 11.3. The largest absolute Gasteiger partial charge is 0.354 e. The number of rotatable bonds is 5. The SMILES string of the molecule is CCCCNC(=O)Cn1ncn(C)c1=O. The highest BCUT2D eigenvalue weighted by atomic mass is 16.2. The van der Waals surface area contributed by atoms with Crippen molar-refractivity contribution in [2.75, 3.05) is 6.54 Å². The molecule has 15 heavy (non-hydrogen) atoms. The Morgan fingerprint density at radius 1 is 1.60 bits per heavy atom. The highest BCUT2D eigenvalue weighted by Gasteiger charge is 2.06. The minimum Gasteiger partial charge on any atom is -0.354 e. The maximum Gasteiger partial charge on any atom is 0.345 e. The van der Waals surface area contributed by atoms with Gasteiger partial charge in [-0.15, -0.1) is 0 Å². The second kappa shape index (κ2) is 5.33. The molecule has 1 N–H and O–H groups in total. The molecule has 0 unspecified atom stereocenters. The number of nitrogens with one attached hydrogen (secondary N) is 1. The summed E-state index contributed by atoms with van der Waals surface area (Å²) < 4.78 is 2.47. The number of amides is 1. The first-order valence-electron chi connectivity index (χ1n) is 5.00. The first-order chi connectivity index (χ1) is 7.15. The van der Waals surface area contributed by atoms with Gasteiger partial charge in [-0.05, 0) is 6.42 Å². The number of carbonyl (C=O) groups excluding carboxylic acids is 1. The summed E-state index contributed by atoms with van der Waals surface area (Å²) in [5, 5.41) is 6.51. The third-order valence-corrected chi connectivity index (χ3v) is 2.03. The molecule has 1 rings (SSSR count). The van der Waals surface area contributed by atoms with Gasteiger partial charge in [0.25, 0.3) is 0 Å². The van der Waals surface area contributed by atoms with Crippen LogP contribution in [0.15, 0.2) is 11.1 Å². The van der Waals surface area contributed by atoms with Crippen LogP contribution >= 0.6 is 0 Å². The van der Waals surface area contributed by atoms with Gasteiger partial charge < -0.3 is 5.32 Å². The zero-order valence-electron chi connectivity index (χ0n) is 9.06. The van der Waals surface area contributed by atoms with Crippen molar-refractivity contribution in [1.29, 1.82) is 0 Å². The van der Waals surface area contributed by atoms with Crippen LogP contribution in [0.4, 0.5) is 0 Å². The van der Waals surface area contributed by atoms with Crippen molar-refractivity contribution in [2.24, 2.45) is 7.05 Å².